The first-order valence-electron chi connectivity index (χ1n) is 6.20. The molecule has 18 heavy (non-hydrogen) atoms. The number of thioether (sulfide) groups is 1. The minimum Gasteiger partial charge on any atom is -0.392 e. The van der Waals surface area contributed by atoms with Crippen LogP contribution in [0, 0.1) is 5.92 Å². The van der Waals surface area contributed by atoms with Crippen molar-refractivity contribution in [3.63, 3.8) is 0 Å². The summed E-state index contributed by atoms with van der Waals surface area (Å²) in [4.78, 5) is 13.1. The van der Waals surface area contributed by atoms with Crippen molar-refractivity contribution in [2.75, 3.05) is 42.7 Å². The van der Waals surface area contributed by atoms with E-state index < -0.39 is 0 Å². The third kappa shape index (κ3) is 2.03. The first kappa shape index (κ1) is 12.0. The Morgan fingerprint density at radius 2 is 2.28 bits per heavy atom. The average molecular weight is 266 g/mol. The zero-order valence-electron chi connectivity index (χ0n) is 10.7. The van der Waals surface area contributed by atoms with E-state index in [4.69, 9.17) is 0 Å². The molecule has 2 aliphatic heterocycles. The minimum atomic E-state index is -0.165. The maximum Gasteiger partial charge on any atom is 0.227 e. The quantitative estimate of drug-likeness (QED) is 0.839. The first-order valence-corrected chi connectivity index (χ1v) is 7.25. The molecule has 0 aromatic carbocycles. The highest BCUT2D eigenvalue weighted by atomic mass is 32.2. The van der Waals surface area contributed by atoms with E-state index in [-0.39, 0.29) is 6.10 Å². The maximum absolute atomic E-state index is 9.91. The predicted octanol–water partition coefficient (Wildman–Crippen LogP) is 0.455. The molecule has 1 aromatic rings. The van der Waals surface area contributed by atoms with Gasteiger partial charge in [0.15, 0.2) is 0 Å². The Bertz CT molecular complexity index is 442. The Balaban J connectivity index is 1.78. The van der Waals surface area contributed by atoms with Gasteiger partial charge >= 0.3 is 0 Å². The van der Waals surface area contributed by atoms with Gasteiger partial charge < -0.3 is 14.9 Å². The lowest BCUT2D eigenvalue weighted by Crippen LogP contribution is -2.27. The number of aliphatic hydroxyl groups excluding tert-OH is 1. The monoisotopic (exact) mass is 266 g/mol. The van der Waals surface area contributed by atoms with E-state index in [2.05, 4.69) is 14.9 Å². The summed E-state index contributed by atoms with van der Waals surface area (Å²) in [6.45, 7) is 1.82. The summed E-state index contributed by atoms with van der Waals surface area (Å²) in [5.41, 5.74) is 0. The molecule has 0 spiro atoms. The molecule has 0 bridgehead atoms. The summed E-state index contributed by atoms with van der Waals surface area (Å²) in [5, 5.41) is 10.4. The zero-order valence-corrected chi connectivity index (χ0v) is 11.5. The summed E-state index contributed by atoms with van der Waals surface area (Å²) in [5.74, 6) is 2.96. The normalized spacial score (nSPS) is 30.6. The molecule has 98 valence electrons. The molecule has 5 nitrogen and oxygen atoms in total. The summed E-state index contributed by atoms with van der Waals surface area (Å²) in [7, 11) is 3.95. The number of aliphatic hydroxyl groups is 1. The molecule has 2 saturated heterocycles. The smallest absolute Gasteiger partial charge is 0.227 e. The second kappa shape index (κ2) is 4.59. The topological polar surface area (TPSA) is 52.5 Å². The van der Waals surface area contributed by atoms with Crippen LogP contribution < -0.4 is 9.80 Å². The second-order valence-corrected chi connectivity index (χ2v) is 6.39. The highest BCUT2D eigenvalue weighted by molar-refractivity contribution is 8.00. The molecule has 3 rings (SSSR count). The van der Waals surface area contributed by atoms with E-state index >= 15 is 0 Å². The lowest BCUT2D eigenvalue weighted by Gasteiger charge is -2.19. The van der Waals surface area contributed by atoms with Gasteiger partial charge in [0.2, 0.25) is 5.95 Å². The van der Waals surface area contributed by atoms with Gasteiger partial charge in [-0.3, -0.25) is 0 Å². The molecule has 0 aliphatic carbocycles. The van der Waals surface area contributed by atoms with Crippen molar-refractivity contribution in [2.45, 2.75) is 11.4 Å². The van der Waals surface area contributed by atoms with Gasteiger partial charge in [-0.15, -0.1) is 0 Å². The van der Waals surface area contributed by atoms with E-state index in [1.807, 2.05) is 36.8 Å². The zero-order chi connectivity index (χ0) is 12.7. The molecule has 2 aliphatic rings. The fourth-order valence-electron chi connectivity index (χ4n) is 2.59. The van der Waals surface area contributed by atoms with Crippen LogP contribution in [-0.2, 0) is 0 Å². The standard InChI is InChI=1S/C12H18N4OS/c1-15(2)11-3-4-13-12(14-11)16-5-8-9(17)7-18-10(8)6-16/h3-4,8-10,17H,5-7H2,1-2H3. The SMILES string of the molecule is CN(C)c1ccnc(N2CC3SCC(O)C3C2)n1. The van der Waals surface area contributed by atoms with E-state index in [1.165, 1.54) is 0 Å². The van der Waals surface area contributed by atoms with Gasteiger partial charge in [0.25, 0.3) is 0 Å². The van der Waals surface area contributed by atoms with Crippen molar-refractivity contribution in [3.05, 3.63) is 12.3 Å². The predicted molar refractivity (Wildman–Crippen MR) is 74.3 cm³/mol. The Kier molecular flexibility index (Phi) is 3.07. The number of aromatic nitrogens is 2. The number of rotatable bonds is 2. The summed E-state index contributed by atoms with van der Waals surface area (Å²) in [6.07, 6.45) is 1.64. The molecule has 3 unspecified atom stereocenters. The van der Waals surface area contributed by atoms with Gasteiger partial charge in [0, 0.05) is 50.3 Å². The van der Waals surface area contributed by atoms with E-state index in [0.29, 0.717) is 11.2 Å². The van der Waals surface area contributed by atoms with Crippen molar-refractivity contribution in [2.24, 2.45) is 5.92 Å². The van der Waals surface area contributed by atoms with Gasteiger partial charge in [-0.2, -0.15) is 16.7 Å². The Hall–Kier alpha value is -1.01. The molecule has 3 heterocycles. The molecule has 1 aromatic heterocycles. The van der Waals surface area contributed by atoms with Crippen LogP contribution in [0.25, 0.3) is 0 Å². The molecule has 0 amide bonds. The van der Waals surface area contributed by atoms with Gasteiger partial charge in [-0.1, -0.05) is 0 Å². The lowest BCUT2D eigenvalue weighted by molar-refractivity contribution is 0.152. The largest absolute Gasteiger partial charge is 0.392 e. The molecule has 1 N–H and O–H groups in total. The number of hydrogen-bond donors (Lipinski definition) is 1. The van der Waals surface area contributed by atoms with Crippen LogP contribution in [0.2, 0.25) is 0 Å². The first-order chi connectivity index (χ1) is 8.65. The van der Waals surface area contributed by atoms with Crippen LogP contribution in [-0.4, -0.2) is 59.4 Å². The van der Waals surface area contributed by atoms with Crippen molar-refractivity contribution < 1.29 is 5.11 Å². The summed E-state index contributed by atoms with van der Waals surface area (Å²) < 4.78 is 0. The van der Waals surface area contributed by atoms with Crippen molar-refractivity contribution in [3.8, 4) is 0 Å². The second-order valence-electron chi connectivity index (χ2n) is 5.12. The molecule has 2 fully saturated rings. The highest BCUT2D eigenvalue weighted by Crippen LogP contribution is 2.39. The van der Waals surface area contributed by atoms with Gasteiger partial charge in [-0.05, 0) is 6.07 Å². The summed E-state index contributed by atoms with van der Waals surface area (Å²) in [6, 6.07) is 1.91. The number of hydrogen-bond acceptors (Lipinski definition) is 6. The van der Waals surface area contributed by atoms with Gasteiger partial charge in [0.1, 0.15) is 5.82 Å². The van der Waals surface area contributed by atoms with Crippen LogP contribution in [0.15, 0.2) is 12.3 Å². The summed E-state index contributed by atoms with van der Waals surface area (Å²) >= 11 is 1.87. The highest BCUT2D eigenvalue weighted by Gasteiger charge is 2.43. The third-order valence-electron chi connectivity index (χ3n) is 3.65. The van der Waals surface area contributed by atoms with Crippen LogP contribution in [0.3, 0.4) is 0 Å². The third-order valence-corrected chi connectivity index (χ3v) is 5.11. The maximum atomic E-state index is 9.91. The molecule has 6 heteroatoms. The van der Waals surface area contributed by atoms with Crippen LogP contribution in [0.5, 0.6) is 0 Å². The average Bonchev–Trinajstić information content (AvgIpc) is 2.92. The lowest BCUT2D eigenvalue weighted by atomic mass is 10.0. The van der Waals surface area contributed by atoms with Gasteiger partial charge in [0.05, 0.1) is 6.10 Å². The molecule has 3 atom stereocenters. The Morgan fingerprint density at radius 3 is 3.00 bits per heavy atom. The molecule has 0 saturated carbocycles. The van der Waals surface area contributed by atoms with E-state index in [9.17, 15) is 5.11 Å². The van der Waals surface area contributed by atoms with E-state index in [0.717, 1.165) is 30.6 Å². The van der Waals surface area contributed by atoms with Crippen molar-refractivity contribution in [1.82, 2.24) is 9.97 Å². The van der Waals surface area contributed by atoms with Crippen molar-refractivity contribution in [1.29, 1.82) is 0 Å². The molecular weight excluding hydrogens is 248 g/mol. The molecule has 0 radical (unpaired) electrons. The fraction of sp³-hybridized carbons (Fsp3) is 0.667. The Morgan fingerprint density at radius 1 is 1.44 bits per heavy atom. The Labute approximate surface area is 111 Å². The van der Waals surface area contributed by atoms with E-state index in [1.54, 1.807) is 6.20 Å². The van der Waals surface area contributed by atoms with Gasteiger partial charge in [-0.25, -0.2) is 4.98 Å². The fourth-order valence-corrected chi connectivity index (χ4v) is 4.09. The number of fused-ring (bicyclic) bond motifs is 1. The van der Waals surface area contributed by atoms with Crippen molar-refractivity contribution >= 4 is 23.5 Å². The molecular formula is C12H18N4OS. The van der Waals surface area contributed by atoms with Crippen LogP contribution in [0.1, 0.15) is 0 Å². The van der Waals surface area contributed by atoms with Crippen LogP contribution >= 0.6 is 11.8 Å². The number of nitrogens with zero attached hydrogens (tertiary/aromatic N) is 4. The minimum absolute atomic E-state index is 0.165. The van der Waals surface area contributed by atoms with Crippen LogP contribution in [0.4, 0.5) is 11.8 Å². The number of anilines is 2.